The average Bonchev–Trinajstić information content (AvgIpc) is 2.86. The molecule has 212 valence electrons. The molecule has 3 amide bonds. The second-order valence-electron chi connectivity index (χ2n) is 9.59. The number of aryl methyl sites for hydroxylation is 1. The largest absolute Gasteiger partial charge is 0.417 e. The van der Waals surface area contributed by atoms with Crippen molar-refractivity contribution in [2.24, 2.45) is 0 Å². The normalized spacial score (nSPS) is 15.7. The fraction of sp³-hybridized carbons (Fsp3) is 0.444. The minimum Gasteiger partial charge on any atom is -0.352 e. The Hall–Kier alpha value is -2.92. The van der Waals surface area contributed by atoms with E-state index in [2.05, 4.69) is 10.6 Å². The van der Waals surface area contributed by atoms with Gasteiger partial charge in [0.2, 0.25) is 17.7 Å². The van der Waals surface area contributed by atoms with Crippen molar-refractivity contribution in [3.05, 3.63) is 58.6 Å². The second-order valence-corrected chi connectivity index (χ2v) is 11.5. The predicted molar refractivity (Wildman–Crippen MR) is 146 cm³/mol. The highest BCUT2D eigenvalue weighted by Gasteiger charge is 2.36. The lowest BCUT2D eigenvalue weighted by atomic mass is 9.95. The van der Waals surface area contributed by atoms with Crippen LogP contribution in [0.2, 0.25) is 5.02 Å². The molecule has 0 aliphatic heterocycles. The molecule has 2 aromatic rings. The monoisotopic (exact) mass is 585 g/mol. The molecule has 7 nitrogen and oxygen atoms in total. The quantitative estimate of drug-likeness (QED) is 0.421. The van der Waals surface area contributed by atoms with Crippen LogP contribution in [-0.4, -0.2) is 45.5 Å². The van der Waals surface area contributed by atoms with Gasteiger partial charge in [-0.15, -0.1) is 0 Å². The van der Waals surface area contributed by atoms with Crippen LogP contribution in [0.25, 0.3) is 0 Å². The molecule has 2 aromatic carbocycles. The Kier molecular flexibility index (Phi) is 10.5. The zero-order chi connectivity index (χ0) is 28.7. The number of anilines is 2. The minimum absolute atomic E-state index is 0.0961. The third-order valence-corrected chi connectivity index (χ3v) is 7.92. The molecule has 0 spiro atoms. The van der Waals surface area contributed by atoms with Gasteiger partial charge in [0, 0.05) is 28.2 Å². The van der Waals surface area contributed by atoms with Gasteiger partial charge in [0.1, 0.15) is 17.5 Å². The van der Waals surface area contributed by atoms with E-state index in [0.29, 0.717) is 11.8 Å². The lowest BCUT2D eigenvalue weighted by Gasteiger charge is -2.31. The van der Waals surface area contributed by atoms with Crippen LogP contribution in [-0.2, 0) is 31.4 Å². The first-order chi connectivity index (χ1) is 18.3. The standard InChI is InChI=1S/C27H31ClF3N3O4S/c1-17-8-10-20(11-9-17)32-24(35)15-39(38)16-25(36)34(18(2)26(37)33-19-6-4-3-5-7-19)21-12-13-23(28)22(14-21)27(29,30)31/h8-14,18-19H,3-7,15-16H2,1-2H3,(H,32,35)(H,33,37)/t18-,39+/m1/s1. The molecule has 1 saturated carbocycles. The van der Waals surface area contributed by atoms with Crippen molar-refractivity contribution in [1.29, 1.82) is 0 Å². The van der Waals surface area contributed by atoms with E-state index >= 15 is 0 Å². The smallest absolute Gasteiger partial charge is 0.352 e. The Labute approximate surface area is 232 Å². The van der Waals surface area contributed by atoms with E-state index in [9.17, 15) is 31.8 Å². The van der Waals surface area contributed by atoms with Gasteiger partial charge in [-0.25, -0.2) is 0 Å². The summed E-state index contributed by atoms with van der Waals surface area (Å²) in [6, 6.07) is 8.51. The van der Waals surface area contributed by atoms with Crippen LogP contribution >= 0.6 is 11.6 Å². The molecule has 1 aliphatic carbocycles. The van der Waals surface area contributed by atoms with Gasteiger partial charge in [-0.1, -0.05) is 48.6 Å². The molecule has 3 rings (SSSR count). The molecule has 1 aliphatic rings. The van der Waals surface area contributed by atoms with Gasteiger partial charge in [-0.2, -0.15) is 13.2 Å². The highest BCUT2D eigenvalue weighted by atomic mass is 35.5. The molecule has 0 bridgehead atoms. The van der Waals surface area contributed by atoms with Crippen molar-refractivity contribution in [1.82, 2.24) is 5.32 Å². The summed E-state index contributed by atoms with van der Waals surface area (Å²) < 4.78 is 53.4. The zero-order valence-corrected chi connectivity index (χ0v) is 23.2. The number of halogens is 4. The van der Waals surface area contributed by atoms with E-state index in [1.54, 1.807) is 24.3 Å². The third kappa shape index (κ3) is 8.79. The van der Waals surface area contributed by atoms with Crippen molar-refractivity contribution in [3.63, 3.8) is 0 Å². The molecule has 12 heteroatoms. The van der Waals surface area contributed by atoms with E-state index in [0.717, 1.165) is 48.6 Å². The first-order valence-electron chi connectivity index (χ1n) is 12.6. The number of carbonyl (C=O) groups is 3. The number of hydrogen-bond acceptors (Lipinski definition) is 4. The van der Waals surface area contributed by atoms with E-state index in [1.807, 2.05) is 6.92 Å². The Morgan fingerprint density at radius 1 is 1.05 bits per heavy atom. The van der Waals surface area contributed by atoms with Gasteiger partial charge >= 0.3 is 6.18 Å². The van der Waals surface area contributed by atoms with Crippen molar-refractivity contribution >= 4 is 51.5 Å². The lowest BCUT2D eigenvalue weighted by Crippen LogP contribution is -2.52. The van der Waals surface area contributed by atoms with Crippen molar-refractivity contribution in [2.75, 3.05) is 21.7 Å². The molecule has 1 fully saturated rings. The molecule has 2 N–H and O–H groups in total. The Balaban J connectivity index is 1.79. The molecule has 39 heavy (non-hydrogen) atoms. The number of rotatable bonds is 9. The van der Waals surface area contributed by atoms with Crippen LogP contribution < -0.4 is 15.5 Å². The van der Waals surface area contributed by atoms with Crippen molar-refractivity contribution in [3.8, 4) is 0 Å². The molecular formula is C27H31ClF3N3O4S. The number of hydrogen-bond donors (Lipinski definition) is 2. The number of carbonyl (C=O) groups excluding carboxylic acids is 3. The second kappa shape index (κ2) is 13.4. The van der Waals surface area contributed by atoms with Gasteiger partial charge < -0.3 is 10.6 Å². The van der Waals surface area contributed by atoms with Crippen LogP contribution in [0.4, 0.5) is 24.5 Å². The first-order valence-corrected chi connectivity index (χ1v) is 14.4. The van der Waals surface area contributed by atoms with Crippen LogP contribution in [0.5, 0.6) is 0 Å². The van der Waals surface area contributed by atoms with Gasteiger partial charge in [0.05, 0.1) is 10.6 Å². The summed E-state index contributed by atoms with van der Waals surface area (Å²) in [5.41, 5.74) is 0.0891. The van der Waals surface area contributed by atoms with Gasteiger partial charge in [0.25, 0.3) is 0 Å². The van der Waals surface area contributed by atoms with Gasteiger partial charge in [-0.3, -0.25) is 23.5 Å². The summed E-state index contributed by atoms with van der Waals surface area (Å²) in [6.07, 6.45) is -0.319. The number of benzene rings is 2. The first kappa shape index (κ1) is 30.6. The molecule has 0 radical (unpaired) electrons. The number of alkyl halides is 3. The van der Waals surface area contributed by atoms with E-state index in [1.165, 1.54) is 13.0 Å². The Morgan fingerprint density at radius 2 is 1.69 bits per heavy atom. The van der Waals surface area contributed by atoms with Crippen LogP contribution in [0.15, 0.2) is 42.5 Å². The lowest BCUT2D eigenvalue weighted by molar-refractivity contribution is -0.137. The highest BCUT2D eigenvalue weighted by Crippen LogP contribution is 2.37. The summed E-state index contributed by atoms with van der Waals surface area (Å²) in [7, 11) is -2.00. The SMILES string of the molecule is Cc1ccc(NC(=O)C[S@](=O)CC(=O)N(c2ccc(Cl)c(C(F)(F)F)c2)[C@H](C)C(=O)NC2CCCCC2)cc1. The molecule has 2 atom stereocenters. The van der Waals surface area contributed by atoms with E-state index in [4.69, 9.17) is 11.6 Å². The molecular weight excluding hydrogens is 555 g/mol. The maximum atomic E-state index is 13.6. The molecule has 0 aromatic heterocycles. The summed E-state index contributed by atoms with van der Waals surface area (Å²) in [6.45, 7) is 3.28. The average molecular weight is 586 g/mol. The highest BCUT2D eigenvalue weighted by molar-refractivity contribution is 7.86. The maximum absolute atomic E-state index is 13.6. The predicted octanol–water partition coefficient (Wildman–Crippen LogP) is 5.23. The van der Waals surface area contributed by atoms with Crippen LogP contribution in [0.3, 0.4) is 0 Å². The summed E-state index contributed by atoms with van der Waals surface area (Å²) in [4.78, 5) is 39.6. The fourth-order valence-electron chi connectivity index (χ4n) is 4.39. The maximum Gasteiger partial charge on any atom is 0.417 e. The van der Waals surface area contributed by atoms with Gasteiger partial charge in [0.15, 0.2) is 0 Å². The number of nitrogens with one attached hydrogen (secondary N) is 2. The van der Waals surface area contributed by atoms with Crippen molar-refractivity contribution < 1.29 is 31.8 Å². The summed E-state index contributed by atoms with van der Waals surface area (Å²) in [5, 5.41) is 4.91. The van der Waals surface area contributed by atoms with Crippen LogP contribution in [0, 0.1) is 6.92 Å². The fourth-order valence-corrected chi connectivity index (χ4v) is 5.49. The van der Waals surface area contributed by atoms with Gasteiger partial charge in [-0.05, 0) is 57.0 Å². The number of nitrogens with zero attached hydrogens (tertiary/aromatic N) is 1. The minimum atomic E-state index is -4.80. The van der Waals surface area contributed by atoms with Crippen molar-refractivity contribution in [2.45, 2.75) is 64.2 Å². The van der Waals surface area contributed by atoms with E-state index in [-0.39, 0.29) is 11.7 Å². The Morgan fingerprint density at radius 3 is 2.31 bits per heavy atom. The Bertz CT molecular complexity index is 1220. The summed E-state index contributed by atoms with van der Waals surface area (Å²) >= 11 is 5.76. The van der Waals surface area contributed by atoms with Crippen LogP contribution in [0.1, 0.15) is 50.2 Å². The summed E-state index contributed by atoms with van der Waals surface area (Å²) in [5.74, 6) is -3.18. The number of amides is 3. The van der Waals surface area contributed by atoms with E-state index < -0.39 is 62.8 Å². The third-order valence-electron chi connectivity index (χ3n) is 6.43. The zero-order valence-electron chi connectivity index (χ0n) is 21.6. The molecule has 0 saturated heterocycles. The molecule has 0 unspecified atom stereocenters. The topological polar surface area (TPSA) is 95.6 Å². The molecule has 0 heterocycles.